The minimum atomic E-state index is -4.32. The summed E-state index contributed by atoms with van der Waals surface area (Å²) in [7, 11) is 1.68. The van der Waals surface area contributed by atoms with E-state index in [2.05, 4.69) is 15.9 Å². The Hall–Kier alpha value is -0.810. The van der Waals surface area contributed by atoms with Crippen LogP contribution in [-0.2, 0) is 10.9 Å². The highest BCUT2D eigenvalue weighted by atomic mass is 79.9. The average Bonchev–Trinajstić information content (AvgIpc) is 2.37. The van der Waals surface area contributed by atoms with Crippen molar-refractivity contribution in [1.29, 1.82) is 0 Å². The minimum Gasteiger partial charge on any atom is -0.381 e. The second kappa shape index (κ2) is 5.67. The molecule has 1 aliphatic carbocycles. The van der Waals surface area contributed by atoms with Gasteiger partial charge in [-0.1, -0.05) is 28.1 Å². The van der Waals surface area contributed by atoms with Crippen molar-refractivity contribution >= 4 is 21.5 Å². The lowest BCUT2D eigenvalue weighted by Crippen LogP contribution is -2.13. The SMILES string of the molecule is COC1CC=C(c2ccc(C(F)(F)F)c(Br)c2)CC1. The Morgan fingerprint density at radius 2 is 2.05 bits per heavy atom. The van der Waals surface area contributed by atoms with Crippen LogP contribution in [-0.4, -0.2) is 13.2 Å². The van der Waals surface area contributed by atoms with Crippen LogP contribution in [0.25, 0.3) is 5.57 Å². The van der Waals surface area contributed by atoms with Gasteiger partial charge in [-0.15, -0.1) is 0 Å². The van der Waals surface area contributed by atoms with Crippen LogP contribution in [0.1, 0.15) is 30.4 Å². The largest absolute Gasteiger partial charge is 0.417 e. The van der Waals surface area contributed by atoms with Crippen molar-refractivity contribution < 1.29 is 17.9 Å². The molecule has 0 amide bonds. The number of allylic oxidation sites excluding steroid dienone is 1. The topological polar surface area (TPSA) is 9.23 Å². The molecule has 1 atom stereocenters. The standard InChI is InChI=1S/C14H14BrF3O/c1-19-11-5-2-9(3-6-11)10-4-7-12(13(15)8-10)14(16,17)18/h2,4,7-8,11H,3,5-6H2,1H3. The molecule has 0 spiro atoms. The summed E-state index contributed by atoms with van der Waals surface area (Å²) in [5.74, 6) is 0. The third kappa shape index (κ3) is 3.39. The summed E-state index contributed by atoms with van der Waals surface area (Å²) in [5, 5.41) is 0. The Balaban J connectivity index is 2.24. The molecule has 5 heteroatoms. The first-order chi connectivity index (χ1) is 8.91. The zero-order valence-electron chi connectivity index (χ0n) is 10.4. The van der Waals surface area contributed by atoms with Crippen LogP contribution in [0.15, 0.2) is 28.7 Å². The van der Waals surface area contributed by atoms with E-state index in [1.165, 1.54) is 6.07 Å². The molecule has 1 unspecified atom stereocenters. The molecule has 104 valence electrons. The Morgan fingerprint density at radius 1 is 1.32 bits per heavy atom. The zero-order chi connectivity index (χ0) is 14.0. The smallest absolute Gasteiger partial charge is 0.381 e. The number of methoxy groups -OCH3 is 1. The number of ether oxygens (including phenoxy) is 1. The van der Waals surface area contributed by atoms with Gasteiger partial charge in [-0.05, 0) is 42.5 Å². The predicted molar refractivity (Wildman–Crippen MR) is 71.8 cm³/mol. The maximum atomic E-state index is 12.7. The number of halogens is 4. The third-order valence-electron chi connectivity index (χ3n) is 3.34. The minimum absolute atomic E-state index is 0.0901. The van der Waals surface area contributed by atoms with E-state index in [1.54, 1.807) is 13.2 Å². The summed E-state index contributed by atoms with van der Waals surface area (Å²) in [6.07, 6.45) is 0.495. The molecule has 0 N–H and O–H groups in total. The molecule has 0 saturated carbocycles. The first-order valence-corrected chi connectivity index (χ1v) is 6.80. The summed E-state index contributed by atoms with van der Waals surface area (Å²) >= 11 is 3.00. The molecule has 0 bridgehead atoms. The van der Waals surface area contributed by atoms with Crippen LogP contribution in [0.5, 0.6) is 0 Å². The van der Waals surface area contributed by atoms with Gasteiger partial charge >= 0.3 is 6.18 Å². The fourth-order valence-corrected chi connectivity index (χ4v) is 2.83. The van der Waals surface area contributed by atoms with E-state index in [-0.39, 0.29) is 10.6 Å². The van der Waals surface area contributed by atoms with Gasteiger partial charge in [-0.3, -0.25) is 0 Å². The maximum Gasteiger partial charge on any atom is 0.417 e. The lowest BCUT2D eigenvalue weighted by molar-refractivity contribution is -0.138. The summed E-state index contributed by atoms with van der Waals surface area (Å²) < 4.78 is 43.3. The zero-order valence-corrected chi connectivity index (χ0v) is 12.0. The van der Waals surface area contributed by atoms with E-state index >= 15 is 0 Å². The van der Waals surface area contributed by atoms with Gasteiger partial charge in [0.05, 0.1) is 11.7 Å². The molecule has 0 saturated heterocycles. The molecule has 1 aromatic rings. The van der Waals surface area contributed by atoms with Crippen molar-refractivity contribution in [2.45, 2.75) is 31.5 Å². The molecular weight excluding hydrogens is 321 g/mol. The second-order valence-corrected chi connectivity index (χ2v) is 5.41. The number of rotatable bonds is 2. The van der Waals surface area contributed by atoms with Gasteiger partial charge in [0.2, 0.25) is 0 Å². The second-order valence-electron chi connectivity index (χ2n) is 4.55. The molecule has 1 aromatic carbocycles. The van der Waals surface area contributed by atoms with Crippen molar-refractivity contribution in [1.82, 2.24) is 0 Å². The van der Waals surface area contributed by atoms with Crippen LogP contribution in [0.4, 0.5) is 13.2 Å². The van der Waals surface area contributed by atoms with Gasteiger partial charge < -0.3 is 4.74 Å². The predicted octanol–water partition coefficient (Wildman–Crippen LogP) is 5.05. The van der Waals surface area contributed by atoms with Gasteiger partial charge in [-0.2, -0.15) is 13.2 Å². The Kier molecular flexibility index (Phi) is 4.36. The lowest BCUT2D eigenvalue weighted by atomic mass is 9.91. The van der Waals surface area contributed by atoms with E-state index in [0.717, 1.165) is 36.5 Å². The van der Waals surface area contributed by atoms with Crippen LogP contribution in [0.2, 0.25) is 0 Å². The van der Waals surface area contributed by atoms with E-state index < -0.39 is 11.7 Å². The fourth-order valence-electron chi connectivity index (χ4n) is 2.23. The molecule has 0 fully saturated rings. The first kappa shape index (κ1) is 14.6. The van der Waals surface area contributed by atoms with E-state index in [1.807, 2.05) is 6.08 Å². The number of alkyl halides is 3. The number of hydrogen-bond acceptors (Lipinski definition) is 1. The molecule has 0 heterocycles. The highest BCUT2D eigenvalue weighted by molar-refractivity contribution is 9.10. The molecule has 0 aliphatic heterocycles. The van der Waals surface area contributed by atoms with Gasteiger partial charge in [0, 0.05) is 11.6 Å². The molecule has 2 rings (SSSR count). The lowest BCUT2D eigenvalue weighted by Gasteiger charge is -2.21. The van der Waals surface area contributed by atoms with Gasteiger partial charge in [0.1, 0.15) is 0 Å². The average molecular weight is 335 g/mol. The highest BCUT2D eigenvalue weighted by Gasteiger charge is 2.33. The van der Waals surface area contributed by atoms with Gasteiger partial charge in [0.15, 0.2) is 0 Å². The van der Waals surface area contributed by atoms with Crippen LogP contribution in [0, 0.1) is 0 Å². The van der Waals surface area contributed by atoms with Gasteiger partial charge in [0.25, 0.3) is 0 Å². The summed E-state index contributed by atoms with van der Waals surface area (Å²) in [5.41, 5.74) is 1.29. The fraction of sp³-hybridized carbons (Fsp3) is 0.429. The molecular formula is C14H14BrF3O. The summed E-state index contributed by atoms with van der Waals surface area (Å²) in [6.45, 7) is 0. The van der Waals surface area contributed by atoms with E-state index in [4.69, 9.17) is 4.74 Å². The Morgan fingerprint density at radius 3 is 2.53 bits per heavy atom. The maximum absolute atomic E-state index is 12.7. The highest BCUT2D eigenvalue weighted by Crippen LogP contribution is 2.37. The molecule has 0 aromatic heterocycles. The van der Waals surface area contributed by atoms with E-state index in [0.29, 0.717) is 0 Å². The molecule has 19 heavy (non-hydrogen) atoms. The normalized spacial score (nSPS) is 20.3. The molecule has 1 nitrogen and oxygen atoms in total. The third-order valence-corrected chi connectivity index (χ3v) is 4.00. The van der Waals surface area contributed by atoms with E-state index in [9.17, 15) is 13.2 Å². The van der Waals surface area contributed by atoms with Crippen molar-refractivity contribution in [2.24, 2.45) is 0 Å². The summed E-state index contributed by atoms with van der Waals surface area (Å²) in [6, 6.07) is 4.21. The van der Waals surface area contributed by atoms with Crippen molar-refractivity contribution in [3.8, 4) is 0 Å². The van der Waals surface area contributed by atoms with Crippen molar-refractivity contribution in [2.75, 3.05) is 7.11 Å². The Bertz CT molecular complexity index is 494. The quantitative estimate of drug-likeness (QED) is 0.735. The van der Waals surface area contributed by atoms with Gasteiger partial charge in [-0.25, -0.2) is 0 Å². The van der Waals surface area contributed by atoms with Crippen LogP contribution in [0.3, 0.4) is 0 Å². The monoisotopic (exact) mass is 334 g/mol. The molecule has 0 radical (unpaired) electrons. The van der Waals surface area contributed by atoms with Crippen molar-refractivity contribution in [3.05, 3.63) is 39.9 Å². The first-order valence-electron chi connectivity index (χ1n) is 6.00. The van der Waals surface area contributed by atoms with Crippen molar-refractivity contribution in [3.63, 3.8) is 0 Å². The molecule has 1 aliphatic rings. The van der Waals surface area contributed by atoms with Crippen LogP contribution < -0.4 is 0 Å². The number of hydrogen-bond donors (Lipinski definition) is 0. The number of benzene rings is 1. The Labute approximate surface area is 118 Å². The summed E-state index contributed by atoms with van der Waals surface area (Å²) in [4.78, 5) is 0. The van der Waals surface area contributed by atoms with Crippen LogP contribution >= 0.6 is 15.9 Å².